The number of nitrogens with two attached hydrogens (primary N) is 1. The van der Waals surface area contributed by atoms with Crippen LogP contribution in [0.25, 0.3) is 0 Å². The zero-order valence-electron chi connectivity index (χ0n) is 9.37. The maximum Gasteiger partial charge on any atom is 0.148 e. The first-order chi connectivity index (χ1) is 7.07. The van der Waals surface area contributed by atoms with Crippen LogP contribution in [0.1, 0.15) is 27.2 Å². The monoisotopic (exact) mass is 272 g/mol. The molecule has 1 aromatic rings. The van der Waals surface area contributed by atoms with Crippen molar-refractivity contribution in [2.24, 2.45) is 0 Å². The summed E-state index contributed by atoms with van der Waals surface area (Å²) in [5, 5.41) is 0. The van der Waals surface area contributed by atoms with E-state index in [0.29, 0.717) is 11.9 Å². The standard InChI is InChI=1S/C10H17BrN4/c1-4-5-15(7(2)3)10-8(11)9(12)13-6-14-10/h6-7H,4-5H2,1-3H3,(H2,12,13,14). The van der Waals surface area contributed by atoms with Crippen molar-refractivity contribution < 1.29 is 0 Å². The van der Waals surface area contributed by atoms with Crippen molar-refractivity contribution in [3.05, 3.63) is 10.8 Å². The lowest BCUT2D eigenvalue weighted by molar-refractivity contribution is 0.660. The lowest BCUT2D eigenvalue weighted by Gasteiger charge is -2.28. The van der Waals surface area contributed by atoms with Gasteiger partial charge in [-0.05, 0) is 36.2 Å². The normalized spacial score (nSPS) is 10.7. The van der Waals surface area contributed by atoms with Gasteiger partial charge in [-0.1, -0.05) is 6.92 Å². The molecule has 0 aliphatic carbocycles. The van der Waals surface area contributed by atoms with Crippen molar-refractivity contribution in [1.29, 1.82) is 0 Å². The Morgan fingerprint density at radius 1 is 1.47 bits per heavy atom. The molecule has 0 aliphatic heterocycles. The smallest absolute Gasteiger partial charge is 0.148 e. The van der Waals surface area contributed by atoms with Crippen molar-refractivity contribution in [1.82, 2.24) is 9.97 Å². The number of anilines is 2. The minimum Gasteiger partial charge on any atom is -0.383 e. The van der Waals surface area contributed by atoms with Gasteiger partial charge in [-0.15, -0.1) is 0 Å². The van der Waals surface area contributed by atoms with Crippen LogP contribution in [0.4, 0.5) is 11.6 Å². The van der Waals surface area contributed by atoms with E-state index in [9.17, 15) is 0 Å². The predicted octanol–water partition coefficient (Wildman–Crippen LogP) is 2.45. The van der Waals surface area contributed by atoms with E-state index in [1.54, 1.807) is 0 Å². The van der Waals surface area contributed by atoms with Crippen molar-refractivity contribution in [2.75, 3.05) is 17.2 Å². The van der Waals surface area contributed by atoms with E-state index in [1.807, 2.05) is 0 Å². The van der Waals surface area contributed by atoms with Crippen LogP contribution in [0.3, 0.4) is 0 Å². The van der Waals surface area contributed by atoms with Crippen LogP contribution >= 0.6 is 15.9 Å². The van der Waals surface area contributed by atoms with Gasteiger partial charge in [-0.25, -0.2) is 9.97 Å². The molecular weight excluding hydrogens is 256 g/mol. The summed E-state index contributed by atoms with van der Waals surface area (Å²) < 4.78 is 0.784. The molecule has 0 aromatic carbocycles. The molecule has 0 radical (unpaired) electrons. The number of nitrogen functional groups attached to an aromatic ring is 1. The van der Waals surface area contributed by atoms with Crippen LogP contribution in [0.15, 0.2) is 10.8 Å². The highest BCUT2D eigenvalue weighted by Gasteiger charge is 2.15. The van der Waals surface area contributed by atoms with E-state index in [0.717, 1.165) is 23.3 Å². The summed E-state index contributed by atoms with van der Waals surface area (Å²) in [4.78, 5) is 10.4. The van der Waals surface area contributed by atoms with Gasteiger partial charge in [0.15, 0.2) is 0 Å². The average molecular weight is 273 g/mol. The Hall–Kier alpha value is -0.840. The minimum absolute atomic E-state index is 0.399. The first-order valence-electron chi connectivity index (χ1n) is 5.10. The second-order valence-electron chi connectivity index (χ2n) is 3.68. The summed E-state index contributed by atoms with van der Waals surface area (Å²) in [6.45, 7) is 7.39. The maximum absolute atomic E-state index is 5.73. The molecule has 1 aromatic heterocycles. The molecule has 2 N–H and O–H groups in total. The van der Waals surface area contributed by atoms with Crippen LogP contribution in [-0.2, 0) is 0 Å². The zero-order valence-corrected chi connectivity index (χ0v) is 11.0. The Balaban J connectivity index is 3.05. The highest BCUT2D eigenvalue weighted by Crippen LogP contribution is 2.28. The predicted molar refractivity (Wildman–Crippen MR) is 66.9 cm³/mol. The van der Waals surface area contributed by atoms with Gasteiger partial charge in [0.25, 0.3) is 0 Å². The SMILES string of the molecule is CCCN(c1ncnc(N)c1Br)C(C)C. The number of rotatable bonds is 4. The molecule has 0 unspecified atom stereocenters. The third-order valence-corrected chi connectivity index (χ3v) is 2.92. The lowest BCUT2D eigenvalue weighted by atomic mass is 10.3. The fourth-order valence-corrected chi connectivity index (χ4v) is 1.86. The molecular formula is C10H17BrN4. The van der Waals surface area contributed by atoms with E-state index in [-0.39, 0.29) is 0 Å². The van der Waals surface area contributed by atoms with Gasteiger partial charge >= 0.3 is 0 Å². The van der Waals surface area contributed by atoms with Gasteiger partial charge < -0.3 is 10.6 Å². The van der Waals surface area contributed by atoms with Crippen molar-refractivity contribution >= 4 is 27.6 Å². The number of hydrogen-bond acceptors (Lipinski definition) is 4. The summed E-state index contributed by atoms with van der Waals surface area (Å²) in [5.74, 6) is 1.36. The van der Waals surface area contributed by atoms with Gasteiger partial charge in [0, 0.05) is 12.6 Å². The molecule has 0 saturated carbocycles. The molecule has 15 heavy (non-hydrogen) atoms. The Kier molecular flexibility index (Phi) is 4.32. The molecule has 84 valence electrons. The van der Waals surface area contributed by atoms with E-state index in [1.165, 1.54) is 6.33 Å². The van der Waals surface area contributed by atoms with E-state index < -0.39 is 0 Å². The van der Waals surface area contributed by atoms with Gasteiger partial charge in [0.1, 0.15) is 22.4 Å². The van der Waals surface area contributed by atoms with Crippen molar-refractivity contribution in [3.8, 4) is 0 Å². The Morgan fingerprint density at radius 2 is 2.13 bits per heavy atom. The molecule has 0 spiro atoms. The molecule has 0 atom stereocenters. The molecule has 0 aliphatic rings. The zero-order chi connectivity index (χ0) is 11.4. The number of hydrogen-bond donors (Lipinski definition) is 1. The Bertz CT molecular complexity index is 327. The first kappa shape index (κ1) is 12.2. The third-order valence-electron chi connectivity index (χ3n) is 2.16. The second-order valence-corrected chi connectivity index (χ2v) is 4.48. The van der Waals surface area contributed by atoms with Gasteiger partial charge in [0.05, 0.1) is 0 Å². The molecule has 1 rings (SSSR count). The molecule has 0 amide bonds. The van der Waals surface area contributed by atoms with Crippen LogP contribution in [-0.4, -0.2) is 22.6 Å². The van der Waals surface area contributed by atoms with Crippen LogP contribution < -0.4 is 10.6 Å². The Labute approximate surface area is 99.0 Å². The summed E-state index contributed by atoms with van der Waals surface area (Å²) in [5.41, 5.74) is 5.73. The minimum atomic E-state index is 0.399. The largest absolute Gasteiger partial charge is 0.383 e. The number of aromatic nitrogens is 2. The third kappa shape index (κ3) is 2.81. The Morgan fingerprint density at radius 3 is 2.67 bits per heavy atom. The molecule has 1 heterocycles. The summed E-state index contributed by atoms with van der Waals surface area (Å²) in [7, 11) is 0. The average Bonchev–Trinajstić information content (AvgIpc) is 2.19. The highest BCUT2D eigenvalue weighted by atomic mass is 79.9. The highest BCUT2D eigenvalue weighted by molar-refractivity contribution is 9.10. The molecule has 4 nitrogen and oxygen atoms in total. The van der Waals surface area contributed by atoms with Gasteiger partial charge in [-0.2, -0.15) is 0 Å². The summed E-state index contributed by atoms with van der Waals surface area (Å²) >= 11 is 3.43. The van der Waals surface area contributed by atoms with Crippen molar-refractivity contribution in [3.63, 3.8) is 0 Å². The quantitative estimate of drug-likeness (QED) is 0.915. The van der Waals surface area contributed by atoms with Gasteiger partial charge in [-0.3, -0.25) is 0 Å². The summed E-state index contributed by atoms with van der Waals surface area (Å²) in [6, 6.07) is 0.399. The number of nitrogens with zero attached hydrogens (tertiary/aromatic N) is 3. The van der Waals surface area contributed by atoms with E-state index in [2.05, 4.69) is 51.6 Å². The number of halogens is 1. The summed E-state index contributed by atoms with van der Waals surface area (Å²) in [6.07, 6.45) is 2.58. The maximum atomic E-state index is 5.73. The van der Waals surface area contributed by atoms with Crippen LogP contribution in [0, 0.1) is 0 Å². The molecule has 0 saturated heterocycles. The molecule has 0 fully saturated rings. The van der Waals surface area contributed by atoms with Crippen LogP contribution in [0.5, 0.6) is 0 Å². The fourth-order valence-electron chi connectivity index (χ4n) is 1.42. The topological polar surface area (TPSA) is 55.0 Å². The van der Waals surface area contributed by atoms with Crippen LogP contribution in [0.2, 0.25) is 0 Å². The fraction of sp³-hybridized carbons (Fsp3) is 0.600. The van der Waals surface area contributed by atoms with E-state index >= 15 is 0 Å². The van der Waals surface area contributed by atoms with Crippen molar-refractivity contribution in [2.45, 2.75) is 33.2 Å². The first-order valence-corrected chi connectivity index (χ1v) is 5.89. The molecule has 0 bridgehead atoms. The molecule has 5 heteroatoms. The van der Waals surface area contributed by atoms with E-state index in [4.69, 9.17) is 5.73 Å². The lowest BCUT2D eigenvalue weighted by Crippen LogP contribution is -2.32. The van der Waals surface area contributed by atoms with Gasteiger partial charge in [0.2, 0.25) is 0 Å². The second kappa shape index (κ2) is 5.30.